The largest absolute Gasteiger partial charge is 0.315 e. The van der Waals surface area contributed by atoms with Crippen molar-refractivity contribution in [3.8, 4) is 0 Å². The van der Waals surface area contributed by atoms with Gasteiger partial charge in [-0.15, -0.1) is 12.4 Å². The molecule has 0 radical (unpaired) electrons. The Morgan fingerprint density at radius 1 is 0.935 bits per heavy atom. The minimum Gasteiger partial charge on any atom is -0.315 e. The van der Waals surface area contributed by atoms with Crippen LogP contribution in [0.15, 0.2) is 84.0 Å². The van der Waals surface area contributed by atoms with Gasteiger partial charge in [-0.25, -0.2) is 13.1 Å². The van der Waals surface area contributed by atoms with Crippen LogP contribution in [-0.2, 0) is 16.4 Å². The smallest absolute Gasteiger partial charge is 0.240 e. The highest BCUT2D eigenvalue weighted by Gasteiger charge is 2.17. The average Bonchev–Trinajstić information content (AvgIpc) is 2.76. The summed E-state index contributed by atoms with van der Waals surface area (Å²) < 4.78 is 28.2. The first kappa shape index (κ1) is 23.2. The average molecular weight is 456 g/mol. The molecule has 0 aliphatic carbocycles. The van der Waals surface area contributed by atoms with Gasteiger partial charge in [-0.3, -0.25) is 4.98 Å². The Balaban J connectivity index is 0.00000272. The molecule has 1 heterocycles. The highest BCUT2D eigenvalue weighted by Crippen LogP contribution is 2.19. The molecule has 31 heavy (non-hydrogen) atoms. The summed E-state index contributed by atoms with van der Waals surface area (Å²) >= 11 is 0. The third-order valence-corrected chi connectivity index (χ3v) is 6.77. The van der Waals surface area contributed by atoms with Crippen molar-refractivity contribution < 1.29 is 8.42 Å². The molecular formula is C24H26ClN3O2S. The normalized spacial score (nSPS) is 12.5. The van der Waals surface area contributed by atoms with Crippen LogP contribution in [0.3, 0.4) is 0 Å². The standard InChI is InChI=1S/C24H25N3O2S.ClH/c1-18(16-25-13-11-20-7-4-6-19-5-2-3-8-24(19)20)27-30(28,29)23-10-9-22-17-26-14-12-21(22)15-23;/h2-10,12,14-15,17-18,25,27H,11,13,16H2,1H3;1H/t18-;/m1./s1. The third kappa shape index (κ3) is 5.60. The quantitative estimate of drug-likeness (QED) is 0.388. The zero-order valence-corrected chi connectivity index (χ0v) is 18.9. The van der Waals surface area contributed by atoms with E-state index in [1.165, 1.54) is 16.3 Å². The first-order chi connectivity index (χ1) is 14.5. The minimum atomic E-state index is -3.58. The van der Waals surface area contributed by atoms with Gasteiger partial charge < -0.3 is 5.32 Å². The van der Waals surface area contributed by atoms with Crippen molar-refractivity contribution in [1.29, 1.82) is 0 Å². The Kier molecular flexibility index (Phi) is 7.62. The summed E-state index contributed by atoms with van der Waals surface area (Å²) in [7, 11) is -3.58. The van der Waals surface area contributed by atoms with Crippen LogP contribution in [0.5, 0.6) is 0 Å². The van der Waals surface area contributed by atoms with Gasteiger partial charge in [0.15, 0.2) is 0 Å². The molecule has 1 atom stereocenters. The number of fused-ring (bicyclic) bond motifs is 2. The number of sulfonamides is 1. The first-order valence-electron chi connectivity index (χ1n) is 10.1. The number of nitrogens with one attached hydrogen (secondary N) is 2. The van der Waals surface area contributed by atoms with E-state index >= 15 is 0 Å². The summed E-state index contributed by atoms with van der Waals surface area (Å²) in [5.41, 5.74) is 1.29. The predicted molar refractivity (Wildman–Crippen MR) is 129 cm³/mol. The van der Waals surface area contributed by atoms with E-state index in [1.807, 2.05) is 19.1 Å². The molecule has 3 aromatic carbocycles. The van der Waals surface area contributed by atoms with Crippen molar-refractivity contribution in [1.82, 2.24) is 15.0 Å². The summed E-state index contributed by atoms with van der Waals surface area (Å²) in [5, 5.41) is 7.64. The second-order valence-electron chi connectivity index (χ2n) is 7.50. The van der Waals surface area contributed by atoms with Crippen LogP contribution in [0.4, 0.5) is 0 Å². The van der Waals surface area contributed by atoms with Gasteiger partial charge >= 0.3 is 0 Å². The lowest BCUT2D eigenvalue weighted by molar-refractivity contribution is 0.537. The molecule has 0 spiro atoms. The fraction of sp³-hybridized carbons (Fsp3) is 0.208. The lowest BCUT2D eigenvalue weighted by Crippen LogP contribution is -2.40. The number of hydrogen-bond donors (Lipinski definition) is 2. The van der Waals surface area contributed by atoms with E-state index in [-0.39, 0.29) is 23.3 Å². The van der Waals surface area contributed by atoms with Gasteiger partial charge in [0.05, 0.1) is 4.90 Å². The molecule has 2 N–H and O–H groups in total. The monoisotopic (exact) mass is 455 g/mol. The SMILES string of the molecule is C[C@H](CNCCc1cccc2ccccc12)NS(=O)(=O)c1ccc2cnccc2c1.Cl. The molecule has 7 heteroatoms. The number of rotatable bonds is 8. The van der Waals surface area contributed by atoms with Crippen LogP contribution in [0.1, 0.15) is 12.5 Å². The number of aromatic nitrogens is 1. The molecule has 5 nitrogen and oxygen atoms in total. The van der Waals surface area contributed by atoms with Crippen LogP contribution in [-0.4, -0.2) is 32.5 Å². The number of halogens is 1. The van der Waals surface area contributed by atoms with Crippen molar-refractivity contribution >= 4 is 44.0 Å². The number of nitrogens with zero attached hydrogens (tertiary/aromatic N) is 1. The van der Waals surface area contributed by atoms with E-state index in [0.717, 1.165) is 23.7 Å². The van der Waals surface area contributed by atoms with Gasteiger partial charge in [0.25, 0.3) is 0 Å². The highest BCUT2D eigenvalue weighted by molar-refractivity contribution is 7.89. The van der Waals surface area contributed by atoms with E-state index in [9.17, 15) is 8.42 Å². The summed E-state index contributed by atoms with van der Waals surface area (Å²) in [5.74, 6) is 0. The summed E-state index contributed by atoms with van der Waals surface area (Å²) in [6, 6.07) is 21.4. The minimum absolute atomic E-state index is 0. The summed E-state index contributed by atoms with van der Waals surface area (Å²) in [4.78, 5) is 4.33. The third-order valence-electron chi connectivity index (χ3n) is 5.18. The highest BCUT2D eigenvalue weighted by atomic mass is 35.5. The van der Waals surface area contributed by atoms with Crippen molar-refractivity contribution in [3.05, 3.63) is 84.7 Å². The Bertz CT molecular complexity index is 1270. The molecule has 0 aliphatic heterocycles. The topological polar surface area (TPSA) is 71.1 Å². The number of hydrogen-bond acceptors (Lipinski definition) is 4. The van der Waals surface area contributed by atoms with E-state index in [4.69, 9.17) is 0 Å². The number of pyridine rings is 1. The van der Waals surface area contributed by atoms with Crippen molar-refractivity contribution in [3.63, 3.8) is 0 Å². The molecule has 4 aromatic rings. The Morgan fingerprint density at radius 2 is 1.74 bits per heavy atom. The van der Waals surface area contributed by atoms with E-state index < -0.39 is 10.0 Å². The molecular weight excluding hydrogens is 430 g/mol. The second-order valence-corrected chi connectivity index (χ2v) is 9.21. The second kappa shape index (κ2) is 10.2. The molecule has 0 fully saturated rings. The van der Waals surface area contributed by atoms with Crippen molar-refractivity contribution in [2.75, 3.05) is 13.1 Å². The zero-order valence-electron chi connectivity index (χ0n) is 17.3. The van der Waals surface area contributed by atoms with Gasteiger partial charge in [-0.1, -0.05) is 48.5 Å². The zero-order chi connectivity index (χ0) is 21.0. The molecule has 4 rings (SSSR count). The molecule has 1 aromatic heterocycles. The lowest BCUT2D eigenvalue weighted by atomic mass is 10.0. The Morgan fingerprint density at radius 3 is 2.61 bits per heavy atom. The molecule has 162 valence electrons. The van der Waals surface area contributed by atoms with Crippen LogP contribution in [0.25, 0.3) is 21.5 Å². The van der Waals surface area contributed by atoms with Crippen molar-refractivity contribution in [2.45, 2.75) is 24.3 Å². The molecule has 0 aliphatic rings. The van der Waals surface area contributed by atoms with Gasteiger partial charge in [-0.2, -0.15) is 0 Å². The maximum Gasteiger partial charge on any atom is 0.240 e. The molecule has 0 unspecified atom stereocenters. The molecule has 0 saturated carbocycles. The summed E-state index contributed by atoms with van der Waals surface area (Å²) in [6.07, 6.45) is 4.27. The number of benzene rings is 3. The van der Waals surface area contributed by atoms with Gasteiger partial charge in [-0.05, 0) is 59.8 Å². The molecule has 0 amide bonds. The first-order valence-corrected chi connectivity index (χ1v) is 11.5. The fourth-order valence-electron chi connectivity index (χ4n) is 3.66. The molecule has 0 saturated heterocycles. The van der Waals surface area contributed by atoms with Gasteiger partial charge in [0, 0.05) is 30.4 Å². The maximum absolute atomic E-state index is 12.7. The van der Waals surface area contributed by atoms with Crippen molar-refractivity contribution in [2.24, 2.45) is 0 Å². The summed E-state index contributed by atoms with van der Waals surface area (Å²) in [6.45, 7) is 3.21. The van der Waals surface area contributed by atoms with Gasteiger partial charge in [0.2, 0.25) is 10.0 Å². The van der Waals surface area contributed by atoms with E-state index in [1.54, 1.807) is 30.6 Å². The Hall–Kier alpha value is -2.51. The molecule has 0 bridgehead atoms. The maximum atomic E-state index is 12.7. The Labute approximate surface area is 189 Å². The van der Waals surface area contributed by atoms with Crippen LogP contribution in [0.2, 0.25) is 0 Å². The van der Waals surface area contributed by atoms with Crippen LogP contribution >= 0.6 is 12.4 Å². The fourth-order valence-corrected chi connectivity index (χ4v) is 4.93. The van der Waals surface area contributed by atoms with E-state index in [2.05, 4.69) is 51.4 Å². The van der Waals surface area contributed by atoms with E-state index in [0.29, 0.717) is 6.54 Å². The van der Waals surface area contributed by atoms with Gasteiger partial charge in [0.1, 0.15) is 0 Å². The van der Waals surface area contributed by atoms with Crippen LogP contribution < -0.4 is 10.0 Å². The predicted octanol–water partition coefficient (Wildman–Crippen LogP) is 4.31. The lowest BCUT2D eigenvalue weighted by Gasteiger charge is -2.16. The van der Waals surface area contributed by atoms with Crippen LogP contribution in [0, 0.1) is 0 Å².